The fourth-order valence-corrected chi connectivity index (χ4v) is 0.621. The molecule has 14 heavy (non-hydrogen) atoms. The Bertz CT molecular complexity index is 187. The van der Waals surface area contributed by atoms with Gasteiger partial charge in [-0.1, -0.05) is 0 Å². The largest absolute Gasteiger partial charge is 0.350 e. The highest BCUT2D eigenvalue weighted by atomic mass is 19.3. The predicted octanol–water partition coefficient (Wildman–Crippen LogP) is 0.612. The van der Waals surface area contributed by atoms with Gasteiger partial charge in [0.05, 0.1) is 6.54 Å². The van der Waals surface area contributed by atoms with Gasteiger partial charge in [0.15, 0.2) is 0 Å². The SMILES string of the molecule is CNCCC(=O)NCC(F)(F)C(F)F. The molecule has 0 atom stereocenters. The van der Waals surface area contributed by atoms with E-state index in [1.807, 2.05) is 0 Å². The summed E-state index contributed by atoms with van der Waals surface area (Å²) < 4.78 is 47.7. The standard InChI is InChI=1S/C7H12F4N2O/c1-12-3-2-5(14)13-4-7(10,11)6(8)9/h6,12H,2-4H2,1H3,(H,13,14). The summed E-state index contributed by atoms with van der Waals surface area (Å²) in [6.45, 7) is -1.01. The highest BCUT2D eigenvalue weighted by Gasteiger charge is 2.40. The average Bonchev–Trinajstić information content (AvgIpc) is 2.11. The van der Waals surface area contributed by atoms with Crippen LogP contribution in [0.25, 0.3) is 0 Å². The molecule has 1 amide bonds. The van der Waals surface area contributed by atoms with Gasteiger partial charge in [0.1, 0.15) is 0 Å². The van der Waals surface area contributed by atoms with Crippen molar-refractivity contribution >= 4 is 5.91 Å². The molecule has 0 saturated carbocycles. The molecule has 0 fully saturated rings. The van der Waals surface area contributed by atoms with Crippen LogP contribution >= 0.6 is 0 Å². The van der Waals surface area contributed by atoms with Crippen molar-refractivity contribution in [2.75, 3.05) is 20.1 Å². The first-order chi connectivity index (χ1) is 6.40. The number of hydrogen-bond donors (Lipinski definition) is 2. The number of carbonyl (C=O) groups excluding carboxylic acids is 1. The zero-order valence-corrected chi connectivity index (χ0v) is 7.62. The van der Waals surface area contributed by atoms with Crippen molar-refractivity contribution in [3.63, 3.8) is 0 Å². The van der Waals surface area contributed by atoms with E-state index in [1.54, 1.807) is 12.4 Å². The number of alkyl halides is 4. The minimum atomic E-state index is -4.16. The van der Waals surface area contributed by atoms with E-state index in [4.69, 9.17) is 0 Å². The minimum absolute atomic E-state index is 0.0180. The van der Waals surface area contributed by atoms with Gasteiger partial charge in [0.2, 0.25) is 5.91 Å². The lowest BCUT2D eigenvalue weighted by molar-refractivity contribution is -0.136. The lowest BCUT2D eigenvalue weighted by Gasteiger charge is -2.15. The summed E-state index contributed by atoms with van der Waals surface area (Å²) in [5.41, 5.74) is 0. The van der Waals surface area contributed by atoms with Crippen LogP contribution < -0.4 is 10.6 Å². The van der Waals surface area contributed by atoms with Crippen LogP contribution in [0.5, 0.6) is 0 Å². The number of carbonyl (C=O) groups is 1. The second-order valence-electron chi connectivity index (χ2n) is 2.69. The molecule has 0 aliphatic heterocycles. The maximum atomic E-state index is 12.2. The average molecular weight is 216 g/mol. The molecule has 0 saturated heterocycles. The molecule has 2 N–H and O–H groups in total. The second-order valence-corrected chi connectivity index (χ2v) is 2.69. The molecular weight excluding hydrogens is 204 g/mol. The summed E-state index contributed by atoms with van der Waals surface area (Å²) in [4.78, 5) is 10.7. The summed E-state index contributed by atoms with van der Waals surface area (Å²) in [6.07, 6.45) is -3.78. The Morgan fingerprint density at radius 3 is 2.43 bits per heavy atom. The highest BCUT2D eigenvalue weighted by Crippen LogP contribution is 2.21. The monoisotopic (exact) mass is 216 g/mol. The Kier molecular flexibility index (Phi) is 5.44. The van der Waals surface area contributed by atoms with Crippen LogP contribution in [0.2, 0.25) is 0 Å². The molecule has 0 spiro atoms. The van der Waals surface area contributed by atoms with Crippen molar-refractivity contribution in [3.05, 3.63) is 0 Å². The molecular formula is C7H12F4N2O. The van der Waals surface area contributed by atoms with Crippen molar-refractivity contribution < 1.29 is 22.4 Å². The van der Waals surface area contributed by atoms with E-state index in [1.165, 1.54) is 0 Å². The van der Waals surface area contributed by atoms with E-state index in [-0.39, 0.29) is 6.42 Å². The molecule has 84 valence electrons. The summed E-state index contributed by atoms with van der Waals surface area (Å²) in [7, 11) is 1.58. The highest BCUT2D eigenvalue weighted by molar-refractivity contribution is 5.76. The van der Waals surface area contributed by atoms with E-state index >= 15 is 0 Å². The van der Waals surface area contributed by atoms with Crippen molar-refractivity contribution in [2.24, 2.45) is 0 Å². The Hall–Kier alpha value is -0.850. The van der Waals surface area contributed by atoms with Gasteiger partial charge in [-0.25, -0.2) is 8.78 Å². The molecule has 3 nitrogen and oxygen atoms in total. The van der Waals surface area contributed by atoms with Crippen molar-refractivity contribution in [1.82, 2.24) is 10.6 Å². The van der Waals surface area contributed by atoms with Crippen LogP contribution in [0.15, 0.2) is 0 Å². The molecule has 0 bridgehead atoms. The summed E-state index contributed by atoms with van der Waals surface area (Å²) in [5.74, 6) is -4.84. The Balaban J connectivity index is 3.76. The van der Waals surface area contributed by atoms with Crippen molar-refractivity contribution in [2.45, 2.75) is 18.8 Å². The molecule has 7 heteroatoms. The van der Waals surface area contributed by atoms with Crippen molar-refractivity contribution in [3.8, 4) is 0 Å². The van der Waals surface area contributed by atoms with Gasteiger partial charge in [-0.05, 0) is 7.05 Å². The summed E-state index contributed by atoms with van der Waals surface area (Å²) in [6, 6.07) is 0. The van der Waals surface area contributed by atoms with E-state index in [9.17, 15) is 22.4 Å². The van der Waals surface area contributed by atoms with E-state index in [0.29, 0.717) is 6.54 Å². The van der Waals surface area contributed by atoms with Crippen LogP contribution in [0.1, 0.15) is 6.42 Å². The van der Waals surface area contributed by atoms with Crippen LogP contribution in [0.3, 0.4) is 0 Å². The number of nitrogens with one attached hydrogen (secondary N) is 2. The van der Waals surface area contributed by atoms with E-state index < -0.39 is 24.8 Å². The van der Waals surface area contributed by atoms with E-state index in [0.717, 1.165) is 0 Å². The summed E-state index contributed by atoms with van der Waals surface area (Å²) in [5, 5.41) is 4.35. The lowest BCUT2D eigenvalue weighted by Crippen LogP contribution is -2.41. The van der Waals surface area contributed by atoms with Crippen LogP contribution in [0.4, 0.5) is 17.6 Å². The molecule has 0 aromatic rings. The minimum Gasteiger partial charge on any atom is -0.350 e. The molecule has 0 aromatic carbocycles. The van der Waals surface area contributed by atoms with E-state index in [2.05, 4.69) is 5.32 Å². The third kappa shape index (κ3) is 5.00. The Morgan fingerprint density at radius 2 is 2.00 bits per heavy atom. The van der Waals surface area contributed by atoms with Gasteiger partial charge in [-0.2, -0.15) is 8.78 Å². The number of rotatable bonds is 6. The molecule has 0 aromatic heterocycles. The molecule has 0 aliphatic carbocycles. The lowest BCUT2D eigenvalue weighted by atomic mass is 10.3. The zero-order chi connectivity index (χ0) is 11.2. The first-order valence-electron chi connectivity index (χ1n) is 3.97. The molecule has 0 radical (unpaired) electrons. The van der Waals surface area contributed by atoms with Gasteiger partial charge < -0.3 is 10.6 Å². The van der Waals surface area contributed by atoms with Gasteiger partial charge in [0.25, 0.3) is 0 Å². The first kappa shape index (κ1) is 13.2. The predicted molar refractivity (Wildman–Crippen MR) is 42.5 cm³/mol. The van der Waals surface area contributed by atoms with Crippen LogP contribution in [-0.4, -0.2) is 38.4 Å². The fourth-order valence-electron chi connectivity index (χ4n) is 0.621. The van der Waals surface area contributed by atoms with Gasteiger partial charge in [-0.3, -0.25) is 4.79 Å². The smallest absolute Gasteiger partial charge is 0.324 e. The first-order valence-corrected chi connectivity index (χ1v) is 3.97. The van der Waals surface area contributed by atoms with Gasteiger partial charge in [0, 0.05) is 13.0 Å². The van der Waals surface area contributed by atoms with Gasteiger partial charge >= 0.3 is 12.3 Å². The third-order valence-corrected chi connectivity index (χ3v) is 1.44. The normalized spacial score (nSPS) is 11.9. The number of amides is 1. The third-order valence-electron chi connectivity index (χ3n) is 1.44. The molecule has 0 heterocycles. The van der Waals surface area contributed by atoms with Crippen LogP contribution in [-0.2, 0) is 4.79 Å². The maximum absolute atomic E-state index is 12.2. The maximum Gasteiger partial charge on any atom is 0.324 e. The van der Waals surface area contributed by atoms with Crippen molar-refractivity contribution in [1.29, 1.82) is 0 Å². The Labute approximate surface area is 78.9 Å². The summed E-state index contributed by atoms with van der Waals surface area (Å²) >= 11 is 0. The number of halogens is 4. The molecule has 0 unspecified atom stereocenters. The quantitative estimate of drug-likeness (QED) is 0.639. The van der Waals surface area contributed by atoms with Gasteiger partial charge in [-0.15, -0.1) is 0 Å². The fraction of sp³-hybridized carbons (Fsp3) is 0.857. The second kappa shape index (κ2) is 5.79. The zero-order valence-electron chi connectivity index (χ0n) is 7.62. The molecule has 0 rings (SSSR count). The topological polar surface area (TPSA) is 41.1 Å². The Morgan fingerprint density at radius 1 is 1.43 bits per heavy atom. The van der Waals surface area contributed by atoms with Crippen LogP contribution in [0, 0.1) is 0 Å². The molecule has 0 aliphatic rings. The number of hydrogen-bond acceptors (Lipinski definition) is 2.